The highest BCUT2D eigenvalue weighted by Gasteiger charge is 2.19. The Morgan fingerprint density at radius 3 is 2.65 bits per heavy atom. The van der Waals surface area contributed by atoms with Crippen LogP contribution in [0.2, 0.25) is 0 Å². The third-order valence-electron chi connectivity index (χ3n) is 3.17. The summed E-state index contributed by atoms with van der Waals surface area (Å²) in [5, 5.41) is 18.4. The number of ether oxygens (including phenoxy) is 1. The minimum Gasteiger partial charge on any atom is -0.394 e. The average molecular weight is 322 g/mol. The number of imidazole rings is 1. The molecule has 2 rings (SSSR count). The highest BCUT2D eigenvalue weighted by atomic mass is 16.5. The summed E-state index contributed by atoms with van der Waals surface area (Å²) in [4.78, 5) is 18.8. The SMILES string of the molecule is CC[C@@H](OC(CO)CO)n1cnc2c(/N=C/N(C)C)ncnc21. The third kappa shape index (κ3) is 4.01. The third-order valence-corrected chi connectivity index (χ3v) is 3.17. The predicted molar refractivity (Wildman–Crippen MR) is 85.5 cm³/mol. The van der Waals surface area contributed by atoms with Crippen molar-refractivity contribution in [2.75, 3.05) is 27.3 Å². The molecule has 0 unspecified atom stereocenters. The van der Waals surface area contributed by atoms with Crippen LogP contribution in [0.5, 0.6) is 0 Å². The van der Waals surface area contributed by atoms with Gasteiger partial charge in [-0.15, -0.1) is 0 Å². The van der Waals surface area contributed by atoms with Gasteiger partial charge in [0.05, 0.1) is 25.9 Å². The van der Waals surface area contributed by atoms with E-state index in [1.54, 1.807) is 22.1 Å². The molecular weight excluding hydrogens is 300 g/mol. The predicted octanol–water partition coefficient (Wildman–Crippen LogP) is 0.326. The van der Waals surface area contributed by atoms with E-state index >= 15 is 0 Å². The molecule has 2 heterocycles. The van der Waals surface area contributed by atoms with Gasteiger partial charge in [0.2, 0.25) is 0 Å². The van der Waals surface area contributed by atoms with Crippen LogP contribution < -0.4 is 0 Å². The van der Waals surface area contributed by atoms with E-state index in [1.165, 1.54) is 6.33 Å². The van der Waals surface area contributed by atoms with Crippen LogP contribution >= 0.6 is 0 Å². The Kier molecular flexibility index (Phi) is 5.97. The van der Waals surface area contributed by atoms with Crippen molar-refractivity contribution in [3.63, 3.8) is 0 Å². The number of fused-ring (bicyclic) bond motifs is 1. The second-order valence-electron chi connectivity index (χ2n) is 5.22. The fourth-order valence-electron chi connectivity index (χ4n) is 2.04. The van der Waals surface area contributed by atoms with Crippen LogP contribution in [0.25, 0.3) is 11.2 Å². The largest absolute Gasteiger partial charge is 0.394 e. The topological polar surface area (TPSA) is 109 Å². The van der Waals surface area contributed by atoms with Gasteiger partial charge in [-0.2, -0.15) is 0 Å². The number of aliphatic hydroxyl groups is 2. The quantitative estimate of drug-likeness (QED) is 0.532. The summed E-state index contributed by atoms with van der Waals surface area (Å²) in [6, 6.07) is 0. The molecular formula is C14H22N6O3. The van der Waals surface area contributed by atoms with E-state index in [0.717, 1.165) is 0 Å². The van der Waals surface area contributed by atoms with Crippen molar-refractivity contribution >= 4 is 23.3 Å². The summed E-state index contributed by atoms with van der Waals surface area (Å²) in [7, 11) is 3.73. The van der Waals surface area contributed by atoms with E-state index in [2.05, 4.69) is 19.9 Å². The Morgan fingerprint density at radius 1 is 1.30 bits per heavy atom. The Bertz CT molecular complexity index is 653. The Hall–Kier alpha value is -2.10. The lowest BCUT2D eigenvalue weighted by Gasteiger charge is -2.22. The summed E-state index contributed by atoms with van der Waals surface area (Å²) in [6.45, 7) is 1.43. The fourth-order valence-corrected chi connectivity index (χ4v) is 2.04. The zero-order valence-electron chi connectivity index (χ0n) is 13.5. The standard InChI is InChI=1S/C14H22N6O3/c1-4-11(23-10(5-21)6-22)20-9-17-12-13(18-8-19(2)3)15-7-16-14(12)20/h7-11,21-22H,4-6H2,1-3H3/b18-8+/t11-/m1/s1. The Balaban J connectivity index is 2.36. The molecule has 2 N–H and O–H groups in total. The first-order chi connectivity index (χ1) is 11.1. The molecule has 0 bridgehead atoms. The Morgan fingerprint density at radius 2 is 2.04 bits per heavy atom. The number of aromatic nitrogens is 4. The van der Waals surface area contributed by atoms with Crippen molar-refractivity contribution in [2.24, 2.45) is 4.99 Å². The molecule has 0 aromatic carbocycles. The Labute approximate surface area is 134 Å². The summed E-state index contributed by atoms with van der Waals surface area (Å²) < 4.78 is 7.46. The van der Waals surface area contributed by atoms with Gasteiger partial charge in [-0.3, -0.25) is 4.57 Å². The van der Waals surface area contributed by atoms with Crippen LogP contribution in [-0.4, -0.2) is 74.4 Å². The van der Waals surface area contributed by atoms with Crippen molar-refractivity contribution < 1.29 is 14.9 Å². The van der Waals surface area contributed by atoms with Crippen LogP contribution in [0.3, 0.4) is 0 Å². The summed E-state index contributed by atoms with van der Waals surface area (Å²) in [6.07, 6.45) is 4.25. The van der Waals surface area contributed by atoms with Crippen molar-refractivity contribution in [1.82, 2.24) is 24.4 Å². The normalized spacial score (nSPS) is 13.3. The molecule has 23 heavy (non-hydrogen) atoms. The minimum absolute atomic E-state index is 0.257. The maximum Gasteiger partial charge on any atom is 0.184 e. The molecule has 0 saturated heterocycles. The van der Waals surface area contributed by atoms with Gasteiger partial charge in [0.15, 0.2) is 17.0 Å². The van der Waals surface area contributed by atoms with Crippen LogP contribution in [0.15, 0.2) is 17.6 Å². The van der Waals surface area contributed by atoms with Gasteiger partial charge in [0.25, 0.3) is 0 Å². The zero-order valence-corrected chi connectivity index (χ0v) is 13.5. The van der Waals surface area contributed by atoms with Crippen molar-refractivity contribution in [1.29, 1.82) is 0 Å². The van der Waals surface area contributed by atoms with E-state index in [1.807, 2.05) is 21.0 Å². The van der Waals surface area contributed by atoms with E-state index in [-0.39, 0.29) is 13.2 Å². The van der Waals surface area contributed by atoms with Crippen molar-refractivity contribution in [3.05, 3.63) is 12.7 Å². The van der Waals surface area contributed by atoms with Gasteiger partial charge >= 0.3 is 0 Å². The van der Waals surface area contributed by atoms with Crippen molar-refractivity contribution in [2.45, 2.75) is 25.7 Å². The molecule has 9 heteroatoms. The monoisotopic (exact) mass is 322 g/mol. The van der Waals surface area contributed by atoms with E-state index < -0.39 is 12.3 Å². The average Bonchev–Trinajstić information content (AvgIpc) is 2.98. The van der Waals surface area contributed by atoms with Gasteiger partial charge in [0, 0.05) is 14.1 Å². The first-order valence-electron chi connectivity index (χ1n) is 7.36. The number of aliphatic imine (C=N–C) groups is 1. The zero-order chi connectivity index (χ0) is 16.8. The van der Waals surface area contributed by atoms with Crippen LogP contribution in [-0.2, 0) is 4.74 Å². The van der Waals surface area contributed by atoms with Gasteiger partial charge in [0.1, 0.15) is 18.7 Å². The second kappa shape index (κ2) is 7.95. The maximum absolute atomic E-state index is 9.19. The fraction of sp³-hybridized carbons (Fsp3) is 0.571. The van der Waals surface area contributed by atoms with Gasteiger partial charge in [-0.25, -0.2) is 19.9 Å². The van der Waals surface area contributed by atoms with E-state index in [4.69, 9.17) is 4.74 Å². The van der Waals surface area contributed by atoms with Crippen molar-refractivity contribution in [3.8, 4) is 0 Å². The lowest BCUT2D eigenvalue weighted by molar-refractivity contribution is -0.0935. The summed E-state index contributed by atoms with van der Waals surface area (Å²) >= 11 is 0. The highest BCUT2D eigenvalue weighted by Crippen LogP contribution is 2.25. The smallest absolute Gasteiger partial charge is 0.184 e. The molecule has 0 amide bonds. The molecule has 2 aromatic rings. The maximum atomic E-state index is 9.19. The molecule has 0 aliphatic carbocycles. The molecule has 9 nitrogen and oxygen atoms in total. The number of nitrogens with zero attached hydrogens (tertiary/aromatic N) is 6. The molecule has 1 atom stereocenters. The number of aliphatic hydroxyl groups excluding tert-OH is 2. The molecule has 0 fully saturated rings. The van der Waals surface area contributed by atoms with Crippen LogP contribution in [0.1, 0.15) is 19.6 Å². The first kappa shape index (κ1) is 17.3. The number of hydrogen-bond acceptors (Lipinski definition) is 7. The highest BCUT2D eigenvalue weighted by molar-refractivity contribution is 5.82. The molecule has 0 aliphatic heterocycles. The molecule has 126 valence electrons. The summed E-state index contributed by atoms with van der Waals surface area (Å²) in [5.41, 5.74) is 1.16. The summed E-state index contributed by atoms with van der Waals surface area (Å²) in [5.74, 6) is 0.471. The van der Waals surface area contributed by atoms with Crippen LogP contribution in [0.4, 0.5) is 5.82 Å². The molecule has 0 saturated carbocycles. The number of rotatable bonds is 8. The molecule has 0 spiro atoms. The second-order valence-corrected chi connectivity index (χ2v) is 5.22. The van der Waals surface area contributed by atoms with Gasteiger partial charge in [-0.1, -0.05) is 6.92 Å². The lowest BCUT2D eigenvalue weighted by Crippen LogP contribution is -2.26. The molecule has 2 aromatic heterocycles. The van der Waals surface area contributed by atoms with Gasteiger partial charge in [-0.05, 0) is 6.42 Å². The minimum atomic E-state index is -0.648. The van der Waals surface area contributed by atoms with Gasteiger partial charge < -0.3 is 19.8 Å². The molecule has 0 aliphatic rings. The first-order valence-corrected chi connectivity index (χ1v) is 7.36. The van der Waals surface area contributed by atoms with E-state index in [9.17, 15) is 10.2 Å². The number of hydrogen-bond donors (Lipinski definition) is 2. The molecule has 0 radical (unpaired) electrons. The lowest BCUT2D eigenvalue weighted by atomic mass is 10.3. The van der Waals surface area contributed by atoms with E-state index in [0.29, 0.717) is 23.4 Å². The van der Waals surface area contributed by atoms with Crippen LogP contribution in [0, 0.1) is 0 Å².